The van der Waals surface area contributed by atoms with E-state index in [1.807, 2.05) is 0 Å². The van der Waals surface area contributed by atoms with Crippen LogP contribution in [0.15, 0.2) is 12.1 Å². The highest BCUT2D eigenvalue weighted by Gasteiger charge is 2.35. The largest absolute Gasteiger partial charge is 0.506 e. The van der Waals surface area contributed by atoms with Crippen LogP contribution >= 0.6 is 11.6 Å². The molecule has 0 unspecified atom stereocenters. The van der Waals surface area contributed by atoms with Gasteiger partial charge in [0.1, 0.15) is 5.75 Å². The number of phenolic OH excluding ortho intramolecular Hbond substituents is 1. The zero-order valence-electron chi connectivity index (χ0n) is 8.01. The maximum atomic E-state index is 12.5. The summed E-state index contributed by atoms with van der Waals surface area (Å²) in [5.41, 5.74) is -0.868. The molecule has 0 saturated heterocycles. The fraction of sp³-hybridized carbons (Fsp3) is 0.333. The first-order valence-electron chi connectivity index (χ1n) is 4.26. The van der Waals surface area contributed by atoms with Crippen LogP contribution in [0.2, 0.25) is 5.02 Å². The molecule has 16 heavy (non-hydrogen) atoms. The lowest BCUT2D eigenvalue weighted by molar-refractivity contribution is -0.138. The molecule has 1 aromatic carbocycles. The van der Waals surface area contributed by atoms with Crippen LogP contribution in [-0.2, 0) is 17.4 Å². The lowest BCUT2D eigenvalue weighted by atomic mass is 10.1. The topological polar surface area (TPSA) is 55.5 Å². The minimum absolute atomic E-state index is 0.0679. The van der Waals surface area contributed by atoms with E-state index in [1.165, 1.54) is 6.07 Å². The molecule has 0 saturated carbocycles. The Kier molecular flexibility index (Phi) is 4.01. The summed E-state index contributed by atoms with van der Waals surface area (Å²) in [5.74, 6) is 3.80. The van der Waals surface area contributed by atoms with E-state index in [9.17, 15) is 18.3 Å². The first-order valence-corrected chi connectivity index (χ1v) is 4.64. The second kappa shape index (κ2) is 4.90. The summed E-state index contributed by atoms with van der Waals surface area (Å²) >= 11 is 5.48. The molecular formula is C9H9ClF3NO2. The minimum Gasteiger partial charge on any atom is -0.506 e. The molecule has 1 rings (SSSR count). The Labute approximate surface area is 94.5 Å². The number of benzene rings is 1. The lowest BCUT2D eigenvalue weighted by Gasteiger charge is -2.12. The Bertz CT molecular complexity index is 382. The number of halogens is 4. The van der Waals surface area contributed by atoms with Crippen LogP contribution in [0, 0.1) is 0 Å². The smallest absolute Gasteiger partial charge is 0.420 e. The SMILES string of the molecule is NOCCc1cc(Cl)c(O)c(C(F)(F)F)c1. The predicted molar refractivity (Wildman–Crippen MR) is 52.0 cm³/mol. The van der Waals surface area contributed by atoms with Crippen molar-refractivity contribution in [2.24, 2.45) is 5.90 Å². The van der Waals surface area contributed by atoms with Gasteiger partial charge in [0, 0.05) is 0 Å². The Morgan fingerprint density at radius 2 is 2.00 bits per heavy atom. The molecule has 1 aromatic rings. The molecule has 0 fully saturated rings. The average molecular weight is 256 g/mol. The molecule has 3 N–H and O–H groups in total. The number of phenols is 1. The molecule has 0 amide bonds. The van der Waals surface area contributed by atoms with E-state index < -0.39 is 17.5 Å². The maximum Gasteiger partial charge on any atom is 0.420 e. The number of aromatic hydroxyl groups is 1. The summed E-state index contributed by atoms with van der Waals surface area (Å²) in [6.07, 6.45) is -4.47. The van der Waals surface area contributed by atoms with Crippen LogP contribution in [0.1, 0.15) is 11.1 Å². The van der Waals surface area contributed by atoms with Crippen molar-refractivity contribution in [2.75, 3.05) is 6.61 Å². The second-order valence-corrected chi connectivity index (χ2v) is 3.50. The first kappa shape index (κ1) is 13.1. The van der Waals surface area contributed by atoms with E-state index in [-0.39, 0.29) is 18.1 Å². The second-order valence-electron chi connectivity index (χ2n) is 3.09. The van der Waals surface area contributed by atoms with Gasteiger partial charge in [-0.15, -0.1) is 0 Å². The molecule has 0 spiro atoms. The minimum atomic E-state index is -4.65. The average Bonchev–Trinajstić information content (AvgIpc) is 2.17. The van der Waals surface area contributed by atoms with Gasteiger partial charge in [-0.2, -0.15) is 13.2 Å². The molecule has 0 aliphatic rings. The van der Waals surface area contributed by atoms with Crippen molar-refractivity contribution < 1.29 is 23.1 Å². The number of nitrogens with two attached hydrogens (primary N) is 1. The summed E-state index contributed by atoms with van der Waals surface area (Å²) in [4.78, 5) is 4.25. The van der Waals surface area contributed by atoms with Gasteiger partial charge in [-0.3, -0.25) is 0 Å². The molecule has 0 heterocycles. The van der Waals surface area contributed by atoms with E-state index in [1.54, 1.807) is 0 Å². The maximum absolute atomic E-state index is 12.5. The van der Waals surface area contributed by atoms with Crippen molar-refractivity contribution in [2.45, 2.75) is 12.6 Å². The molecule has 0 aliphatic heterocycles. The molecule has 0 radical (unpaired) electrons. The van der Waals surface area contributed by atoms with Crippen molar-refractivity contribution >= 4 is 11.6 Å². The molecule has 0 bridgehead atoms. The molecule has 0 aromatic heterocycles. The van der Waals surface area contributed by atoms with Crippen molar-refractivity contribution in [3.63, 3.8) is 0 Å². The van der Waals surface area contributed by atoms with Crippen molar-refractivity contribution in [1.29, 1.82) is 0 Å². The van der Waals surface area contributed by atoms with Gasteiger partial charge in [0.05, 0.1) is 17.2 Å². The van der Waals surface area contributed by atoms with Gasteiger partial charge in [0.2, 0.25) is 0 Å². The number of hydrogen-bond donors (Lipinski definition) is 2. The highest BCUT2D eigenvalue weighted by atomic mass is 35.5. The Hall–Kier alpha value is -0.980. The standard InChI is InChI=1S/C9H9ClF3NO2/c10-7-4-5(1-2-16-14)3-6(8(7)15)9(11,12)13/h3-4,15H,1-2,14H2. The number of hydrogen-bond acceptors (Lipinski definition) is 3. The third-order valence-corrected chi connectivity index (χ3v) is 2.23. The van der Waals surface area contributed by atoms with Crippen LogP contribution in [0.25, 0.3) is 0 Å². The van der Waals surface area contributed by atoms with Gasteiger partial charge < -0.3 is 9.94 Å². The van der Waals surface area contributed by atoms with Crippen LogP contribution in [0.4, 0.5) is 13.2 Å². The summed E-state index contributed by atoms with van der Waals surface area (Å²) in [5, 5.41) is 8.83. The van der Waals surface area contributed by atoms with Gasteiger partial charge in [-0.25, -0.2) is 5.90 Å². The lowest BCUT2D eigenvalue weighted by Crippen LogP contribution is -2.08. The predicted octanol–water partition coefficient (Wildman–Crippen LogP) is 2.50. The van der Waals surface area contributed by atoms with Gasteiger partial charge >= 0.3 is 6.18 Å². The van der Waals surface area contributed by atoms with Gasteiger partial charge in [-0.1, -0.05) is 11.6 Å². The fourth-order valence-electron chi connectivity index (χ4n) is 1.19. The number of alkyl halides is 3. The van der Waals surface area contributed by atoms with Crippen LogP contribution in [0.3, 0.4) is 0 Å². The molecule has 0 aliphatic carbocycles. The zero-order valence-corrected chi connectivity index (χ0v) is 8.77. The highest BCUT2D eigenvalue weighted by Crippen LogP contribution is 2.40. The third kappa shape index (κ3) is 3.01. The van der Waals surface area contributed by atoms with E-state index >= 15 is 0 Å². The molecule has 90 valence electrons. The first-order chi connectivity index (χ1) is 7.36. The summed E-state index contributed by atoms with van der Waals surface area (Å²) in [6.45, 7) is 0.0679. The molecule has 0 atom stereocenters. The van der Waals surface area contributed by atoms with Gasteiger partial charge in [0.25, 0.3) is 0 Å². The van der Waals surface area contributed by atoms with Gasteiger partial charge in [-0.05, 0) is 24.1 Å². The van der Waals surface area contributed by atoms with Crippen LogP contribution < -0.4 is 5.90 Å². The zero-order chi connectivity index (χ0) is 12.3. The normalized spacial score (nSPS) is 11.8. The summed E-state index contributed by atoms with van der Waals surface area (Å²) in [7, 11) is 0. The highest BCUT2D eigenvalue weighted by molar-refractivity contribution is 6.32. The van der Waals surface area contributed by atoms with E-state index in [0.29, 0.717) is 5.56 Å². The van der Waals surface area contributed by atoms with Crippen LogP contribution in [0.5, 0.6) is 5.75 Å². The molecule has 3 nitrogen and oxygen atoms in total. The van der Waals surface area contributed by atoms with Crippen LogP contribution in [-0.4, -0.2) is 11.7 Å². The summed E-state index contributed by atoms with van der Waals surface area (Å²) in [6, 6.07) is 2.06. The fourth-order valence-corrected chi connectivity index (χ4v) is 1.43. The Morgan fingerprint density at radius 3 is 2.50 bits per heavy atom. The molecular weight excluding hydrogens is 247 g/mol. The summed E-state index contributed by atoms with van der Waals surface area (Å²) < 4.78 is 37.4. The third-order valence-electron chi connectivity index (χ3n) is 1.94. The van der Waals surface area contributed by atoms with Gasteiger partial charge in [0.15, 0.2) is 0 Å². The van der Waals surface area contributed by atoms with Crippen molar-refractivity contribution in [1.82, 2.24) is 0 Å². The monoisotopic (exact) mass is 255 g/mol. The Morgan fingerprint density at radius 1 is 1.38 bits per heavy atom. The van der Waals surface area contributed by atoms with E-state index in [0.717, 1.165) is 6.07 Å². The quantitative estimate of drug-likeness (QED) is 0.816. The van der Waals surface area contributed by atoms with Crippen molar-refractivity contribution in [3.05, 3.63) is 28.3 Å². The van der Waals surface area contributed by atoms with E-state index in [4.69, 9.17) is 17.5 Å². The molecule has 7 heteroatoms. The number of rotatable bonds is 3. The van der Waals surface area contributed by atoms with Crippen molar-refractivity contribution in [3.8, 4) is 5.75 Å². The Balaban J connectivity index is 3.12. The van der Waals surface area contributed by atoms with E-state index in [2.05, 4.69) is 4.84 Å².